The molecule has 0 aliphatic carbocycles. The fourth-order valence-corrected chi connectivity index (χ4v) is 3.70. The van der Waals surface area contributed by atoms with Gasteiger partial charge in [0.2, 0.25) is 0 Å². The Morgan fingerprint density at radius 1 is 1.38 bits per heavy atom. The second-order valence-electron chi connectivity index (χ2n) is 6.32. The van der Waals surface area contributed by atoms with Crippen molar-refractivity contribution in [3.63, 3.8) is 0 Å². The van der Waals surface area contributed by atoms with Gasteiger partial charge in [-0.25, -0.2) is 4.98 Å². The standard InChI is InChI=1S/C16H22BrN3S/c1-10-5-6-12(17)11(7-10)13(20-18)8-15-19-14(9-21-15)16(2,3)4/h5-7,9,13,20H,8,18H2,1-4H3. The minimum atomic E-state index is 0.0539. The Kier molecular flexibility index (Phi) is 5.20. The molecule has 1 atom stereocenters. The Balaban J connectivity index is 2.23. The van der Waals surface area contributed by atoms with Crippen molar-refractivity contribution in [3.05, 3.63) is 49.9 Å². The van der Waals surface area contributed by atoms with Crippen molar-refractivity contribution in [3.8, 4) is 0 Å². The second-order valence-corrected chi connectivity index (χ2v) is 8.12. The van der Waals surface area contributed by atoms with Crippen LogP contribution in [0.25, 0.3) is 0 Å². The summed E-state index contributed by atoms with van der Waals surface area (Å²) in [5, 5.41) is 3.25. The van der Waals surface area contributed by atoms with Crippen LogP contribution in [0.4, 0.5) is 0 Å². The Morgan fingerprint density at radius 3 is 2.67 bits per heavy atom. The molecule has 0 aliphatic rings. The smallest absolute Gasteiger partial charge is 0.0948 e. The molecule has 1 aromatic heterocycles. The monoisotopic (exact) mass is 367 g/mol. The molecule has 2 aromatic rings. The van der Waals surface area contributed by atoms with E-state index < -0.39 is 0 Å². The van der Waals surface area contributed by atoms with Crippen LogP contribution in [0.1, 0.15) is 48.6 Å². The summed E-state index contributed by atoms with van der Waals surface area (Å²) < 4.78 is 1.07. The third kappa shape index (κ3) is 4.13. The summed E-state index contributed by atoms with van der Waals surface area (Å²) in [6, 6.07) is 6.37. The maximum atomic E-state index is 5.77. The number of thiazole rings is 1. The largest absolute Gasteiger partial charge is 0.271 e. The molecule has 21 heavy (non-hydrogen) atoms. The number of rotatable bonds is 4. The van der Waals surface area contributed by atoms with E-state index in [9.17, 15) is 0 Å². The van der Waals surface area contributed by atoms with Gasteiger partial charge in [-0.1, -0.05) is 54.4 Å². The third-order valence-corrected chi connectivity index (χ3v) is 5.02. The molecule has 1 heterocycles. The van der Waals surface area contributed by atoms with Gasteiger partial charge in [-0.3, -0.25) is 11.3 Å². The van der Waals surface area contributed by atoms with Crippen molar-refractivity contribution < 1.29 is 0 Å². The highest BCUT2D eigenvalue weighted by Gasteiger charge is 2.20. The zero-order chi connectivity index (χ0) is 15.6. The number of nitrogens with two attached hydrogens (primary N) is 1. The van der Waals surface area contributed by atoms with Gasteiger partial charge in [0.15, 0.2) is 0 Å². The highest BCUT2D eigenvalue weighted by atomic mass is 79.9. The van der Waals surface area contributed by atoms with Gasteiger partial charge in [-0.2, -0.15) is 0 Å². The number of hydrazine groups is 1. The van der Waals surface area contributed by atoms with Crippen molar-refractivity contribution in [2.45, 2.75) is 45.6 Å². The van der Waals surface area contributed by atoms with Crippen molar-refractivity contribution in [1.29, 1.82) is 0 Å². The van der Waals surface area contributed by atoms with Crippen LogP contribution in [-0.2, 0) is 11.8 Å². The van der Waals surface area contributed by atoms with Gasteiger partial charge in [-0.15, -0.1) is 11.3 Å². The SMILES string of the molecule is Cc1ccc(Br)c(C(Cc2nc(C(C)(C)C)cs2)NN)c1. The molecular formula is C16H22BrN3S. The molecular weight excluding hydrogens is 346 g/mol. The lowest BCUT2D eigenvalue weighted by Gasteiger charge is -2.18. The number of nitrogens with one attached hydrogen (secondary N) is 1. The summed E-state index contributed by atoms with van der Waals surface area (Å²) in [4.78, 5) is 4.75. The molecule has 114 valence electrons. The number of halogens is 1. The number of hydrogen-bond donors (Lipinski definition) is 2. The first kappa shape index (κ1) is 16.6. The van der Waals surface area contributed by atoms with E-state index in [-0.39, 0.29) is 11.5 Å². The normalized spacial score (nSPS) is 13.4. The predicted octanol–water partition coefficient (Wildman–Crippen LogP) is 4.26. The molecule has 5 heteroatoms. The molecule has 0 aliphatic heterocycles. The van der Waals surface area contributed by atoms with E-state index in [1.54, 1.807) is 11.3 Å². The zero-order valence-electron chi connectivity index (χ0n) is 12.9. The summed E-state index contributed by atoms with van der Waals surface area (Å²) in [7, 11) is 0. The Bertz CT molecular complexity index is 616. The van der Waals surface area contributed by atoms with Gasteiger partial charge in [0.25, 0.3) is 0 Å². The van der Waals surface area contributed by atoms with E-state index in [4.69, 9.17) is 10.8 Å². The van der Waals surface area contributed by atoms with Crippen LogP contribution in [0.15, 0.2) is 28.1 Å². The molecule has 0 saturated heterocycles. The summed E-state index contributed by atoms with van der Waals surface area (Å²) in [6.07, 6.45) is 0.791. The van der Waals surface area contributed by atoms with Gasteiger partial charge in [0, 0.05) is 21.7 Å². The number of aryl methyl sites for hydroxylation is 1. The molecule has 0 radical (unpaired) electrons. The van der Waals surface area contributed by atoms with Crippen molar-refractivity contribution >= 4 is 27.3 Å². The van der Waals surface area contributed by atoms with Crippen LogP contribution in [0.2, 0.25) is 0 Å². The maximum absolute atomic E-state index is 5.77. The zero-order valence-corrected chi connectivity index (χ0v) is 15.3. The van der Waals surface area contributed by atoms with E-state index in [2.05, 4.69) is 72.6 Å². The number of nitrogens with zero attached hydrogens (tertiary/aromatic N) is 1. The molecule has 1 unspecified atom stereocenters. The molecule has 0 spiro atoms. The van der Waals surface area contributed by atoms with Crippen LogP contribution >= 0.6 is 27.3 Å². The molecule has 0 amide bonds. The molecule has 0 saturated carbocycles. The highest BCUT2D eigenvalue weighted by molar-refractivity contribution is 9.10. The Labute approximate surface area is 139 Å². The average molecular weight is 368 g/mol. The molecule has 0 bridgehead atoms. The minimum absolute atomic E-state index is 0.0539. The van der Waals surface area contributed by atoms with Gasteiger partial charge in [-0.05, 0) is 18.6 Å². The van der Waals surface area contributed by atoms with Gasteiger partial charge < -0.3 is 0 Å². The van der Waals surface area contributed by atoms with Gasteiger partial charge >= 0.3 is 0 Å². The minimum Gasteiger partial charge on any atom is -0.271 e. The van der Waals surface area contributed by atoms with E-state index in [1.165, 1.54) is 11.1 Å². The average Bonchev–Trinajstić information content (AvgIpc) is 2.87. The number of aromatic nitrogens is 1. The quantitative estimate of drug-likeness (QED) is 0.626. The summed E-state index contributed by atoms with van der Waals surface area (Å²) in [6.45, 7) is 8.63. The Morgan fingerprint density at radius 2 is 2.10 bits per heavy atom. The topological polar surface area (TPSA) is 50.9 Å². The van der Waals surface area contributed by atoms with Crippen LogP contribution in [0.3, 0.4) is 0 Å². The fourth-order valence-electron chi connectivity index (χ4n) is 2.11. The van der Waals surface area contributed by atoms with Crippen LogP contribution < -0.4 is 11.3 Å². The first-order chi connectivity index (χ1) is 9.81. The van der Waals surface area contributed by atoms with Crippen LogP contribution in [-0.4, -0.2) is 4.98 Å². The van der Waals surface area contributed by atoms with E-state index in [0.717, 1.165) is 21.6 Å². The molecule has 3 N–H and O–H groups in total. The first-order valence-corrected chi connectivity index (χ1v) is 8.65. The molecule has 2 rings (SSSR count). The lowest BCUT2D eigenvalue weighted by molar-refractivity contribution is 0.539. The van der Waals surface area contributed by atoms with Crippen LogP contribution in [0.5, 0.6) is 0 Å². The summed E-state index contributed by atoms with van der Waals surface area (Å²) in [5.41, 5.74) is 6.54. The Hall–Kier alpha value is -0.750. The highest BCUT2D eigenvalue weighted by Crippen LogP contribution is 2.29. The number of benzene rings is 1. The fraction of sp³-hybridized carbons (Fsp3) is 0.438. The second kappa shape index (κ2) is 6.57. The summed E-state index contributed by atoms with van der Waals surface area (Å²) >= 11 is 5.31. The van der Waals surface area contributed by atoms with E-state index >= 15 is 0 Å². The molecule has 0 fully saturated rings. The van der Waals surface area contributed by atoms with Crippen LogP contribution in [0, 0.1) is 6.92 Å². The van der Waals surface area contributed by atoms with E-state index in [1.807, 2.05) is 0 Å². The van der Waals surface area contributed by atoms with Gasteiger partial charge in [0.05, 0.1) is 16.7 Å². The van der Waals surface area contributed by atoms with Crippen molar-refractivity contribution in [2.75, 3.05) is 0 Å². The summed E-state index contributed by atoms with van der Waals surface area (Å²) in [5.74, 6) is 5.77. The molecule has 3 nitrogen and oxygen atoms in total. The van der Waals surface area contributed by atoms with Crippen molar-refractivity contribution in [1.82, 2.24) is 10.4 Å². The molecule has 1 aromatic carbocycles. The third-order valence-electron chi connectivity index (χ3n) is 3.43. The lowest BCUT2D eigenvalue weighted by atomic mass is 9.93. The maximum Gasteiger partial charge on any atom is 0.0948 e. The van der Waals surface area contributed by atoms with Crippen molar-refractivity contribution in [2.24, 2.45) is 5.84 Å². The first-order valence-electron chi connectivity index (χ1n) is 6.98. The predicted molar refractivity (Wildman–Crippen MR) is 93.5 cm³/mol. The van der Waals surface area contributed by atoms with E-state index in [0.29, 0.717) is 0 Å². The number of hydrogen-bond acceptors (Lipinski definition) is 4. The lowest BCUT2D eigenvalue weighted by Crippen LogP contribution is -2.30. The van der Waals surface area contributed by atoms with Gasteiger partial charge in [0.1, 0.15) is 0 Å².